The number of carbonyl (C=O) groups excluding carboxylic acids is 3. The molecule has 0 bridgehead atoms. The SMILES string of the molecule is CC(C)N1C(=O)c2ccc(C(=O)NCCc3ccc4c(c3)OCCO4)cc2C1=O. The van der Waals surface area contributed by atoms with Crippen molar-refractivity contribution in [2.24, 2.45) is 0 Å². The fourth-order valence-corrected chi connectivity index (χ4v) is 3.54. The Labute approximate surface area is 168 Å². The van der Waals surface area contributed by atoms with Crippen LogP contribution in [0.15, 0.2) is 36.4 Å². The maximum absolute atomic E-state index is 12.5. The molecule has 0 aromatic heterocycles. The van der Waals surface area contributed by atoms with Gasteiger partial charge in [-0.05, 0) is 56.2 Å². The Morgan fingerprint density at radius 1 is 1.00 bits per heavy atom. The molecule has 0 saturated heterocycles. The number of nitrogens with one attached hydrogen (secondary N) is 1. The number of benzene rings is 2. The Hall–Kier alpha value is -3.35. The Morgan fingerprint density at radius 2 is 1.72 bits per heavy atom. The van der Waals surface area contributed by atoms with Crippen molar-refractivity contribution in [3.63, 3.8) is 0 Å². The predicted octanol–water partition coefficient (Wildman–Crippen LogP) is 2.43. The first-order valence-corrected chi connectivity index (χ1v) is 9.64. The number of rotatable bonds is 5. The zero-order valence-electron chi connectivity index (χ0n) is 16.4. The molecule has 7 heteroatoms. The van der Waals surface area contributed by atoms with Crippen molar-refractivity contribution >= 4 is 17.7 Å². The van der Waals surface area contributed by atoms with Gasteiger partial charge in [0.25, 0.3) is 17.7 Å². The van der Waals surface area contributed by atoms with Crippen molar-refractivity contribution in [1.82, 2.24) is 10.2 Å². The highest BCUT2D eigenvalue weighted by molar-refractivity contribution is 6.22. The van der Waals surface area contributed by atoms with E-state index in [2.05, 4.69) is 5.32 Å². The van der Waals surface area contributed by atoms with Crippen LogP contribution in [-0.2, 0) is 6.42 Å². The average Bonchev–Trinajstić information content (AvgIpc) is 2.97. The molecule has 7 nitrogen and oxygen atoms in total. The van der Waals surface area contributed by atoms with E-state index in [1.807, 2.05) is 18.2 Å². The molecule has 150 valence electrons. The van der Waals surface area contributed by atoms with Crippen molar-refractivity contribution in [2.75, 3.05) is 19.8 Å². The molecule has 0 atom stereocenters. The van der Waals surface area contributed by atoms with Crippen LogP contribution in [0.1, 0.15) is 50.5 Å². The molecule has 2 aromatic carbocycles. The highest BCUT2D eigenvalue weighted by atomic mass is 16.6. The van der Waals surface area contributed by atoms with E-state index in [0.29, 0.717) is 37.3 Å². The van der Waals surface area contributed by atoms with Gasteiger partial charge < -0.3 is 14.8 Å². The average molecular weight is 394 g/mol. The van der Waals surface area contributed by atoms with Crippen LogP contribution in [0, 0.1) is 0 Å². The summed E-state index contributed by atoms with van der Waals surface area (Å²) in [6, 6.07) is 10.1. The quantitative estimate of drug-likeness (QED) is 0.788. The normalized spacial score (nSPS) is 14.9. The van der Waals surface area contributed by atoms with E-state index in [-0.39, 0.29) is 29.3 Å². The van der Waals surface area contributed by atoms with Crippen LogP contribution in [-0.4, -0.2) is 48.4 Å². The van der Waals surface area contributed by atoms with Gasteiger partial charge in [-0.1, -0.05) is 6.07 Å². The number of hydrogen-bond acceptors (Lipinski definition) is 5. The number of hydrogen-bond donors (Lipinski definition) is 1. The summed E-state index contributed by atoms with van der Waals surface area (Å²) in [7, 11) is 0. The molecule has 2 aliphatic rings. The van der Waals surface area contributed by atoms with Crippen molar-refractivity contribution in [3.05, 3.63) is 58.7 Å². The second-order valence-corrected chi connectivity index (χ2v) is 7.32. The van der Waals surface area contributed by atoms with E-state index in [4.69, 9.17) is 9.47 Å². The summed E-state index contributed by atoms with van der Waals surface area (Å²) < 4.78 is 11.1. The van der Waals surface area contributed by atoms with Crippen LogP contribution >= 0.6 is 0 Å². The molecule has 3 amide bonds. The first-order valence-electron chi connectivity index (χ1n) is 9.64. The third-order valence-corrected chi connectivity index (χ3v) is 5.00. The van der Waals surface area contributed by atoms with Crippen molar-refractivity contribution < 1.29 is 23.9 Å². The van der Waals surface area contributed by atoms with Crippen molar-refractivity contribution in [1.29, 1.82) is 0 Å². The molecule has 2 aliphatic heterocycles. The Balaban J connectivity index is 1.40. The summed E-state index contributed by atoms with van der Waals surface area (Å²) in [6.07, 6.45) is 0.631. The molecular formula is C22H22N2O5. The van der Waals surface area contributed by atoms with Crippen LogP contribution in [0.25, 0.3) is 0 Å². The highest BCUT2D eigenvalue weighted by Crippen LogP contribution is 2.31. The van der Waals surface area contributed by atoms with E-state index in [1.54, 1.807) is 26.0 Å². The van der Waals surface area contributed by atoms with E-state index >= 15 is 0 Å². The van der Waals surface area contributed by atoms with Gasteiger partial charge in [0.05, 0.1) is 11.1 Å². The summed E-state index contributed by atoms with van der Waals surface area (Å²) in [4.78, 5) is 38.6. The molecule has 0 fully saturated rings. The van der Waals surface area contributed by atoms with Gasteiger partial charge in [0.2, 0.25) is 0 Å². The fraction of sp³-hybridized carbons (Fsp3) is 0.318. The van der Waals surface area contributed by atoms with Crippen LogP contribution in [0.3, 0.4) is 0 Å². The molecule has 0 unspecified atom stereocenters. The van der Waals surface area contributed by atoms with Crippen molar-refractivity contribution in [2.45, 2.75) is 26.3 Å². The lowest BCUT2D eigenvalue weighted by Crippen LogP contribution is -2.35. The zero-order valence-corrected chi connectivity index (χ0v) is 16.4. The van der Waals surface area contributed by atoms with Crippen LogP contribution < -0.4 is 14.8 Å². The molecular weight excluding hydrogens is 372 g/mol. The predicted molar refractivity (Wildman–Crippen MR) is 106 cm³/mol. The molecule has 2 heterocycles. The van der Waals surface area contributed by atoms with Crippen LogP contribution in [0.5, 0.6) is 11.5 Å². The summed E-state index contributed by atoms with van der Waals surface area (Å²) >= 11 is 0. The van der Waals surface area contributed by atoms with Gasteiger partial charge >= 0.3 is 0 Å². The maximum atomic E-state index is 12.5. The standard InChI is InChI=1S/C22H22N2O5/c1-13(2)24-21(26)16-5-4-15(12-17(16)22(24)27)20(25)23-8-7-14-3-6-18-19(11-14)29-10-9-28-18/h3-6,11-13H,7-10H2,1-2H3,(H,23,25). The number of fused-ring (bicyclic) bond motifs is 2. The van der Waals surface area contributed by atoms with E-state index < -0.39 is 0 Å². The Morgan fingerprint density at radius 3 is 2.48 bits per heavy atom. The lowest BCUT2D eigenvalue weighted by atomic mass is 10.1. The molecule has 29 heavy (non-hydrogen) atoms. The van der Waals surface area contributed by atoms with Crippen LogP contribution in [0.4, 0.5) is 0 Å². The van der Waals surface area contributed by atoms with Crippen molar-refractivity contribution in [3.8, 4) is 11.5 Å². The number of nitrogens with zero attached hydrogens (tertiary/aromatic N) is 1. The molecule has 4 rings (SSSR count). The van der Waals surface area contributed by atoms with Gasteiger partial charge in [-0.3, -0.25) is 19.3 Å². The van der Waals surface area contributed by atoms with Gasteiger partial charge in [0, 0.05) is 18.2 Å². The Kier molecular flexibility index (Phi) is 4.96. The molecule has 2 aromatic rings. The Bertz CT molecular complexity index is 999. The largest absolute Gasteiger partial charge is 0.486 e. The second kappa shape index (κ2) is 7.58. The van der Waals surface area contributed by atoms with E-state index in [1.165, 1.54) is 11.0 Å². The number of amides is 3. The first kappa shape index (κ1) is 19.0. The zero-order chi connectivity index (χ0) is 20.5. The summed E-state index contributed by atoms with van der Waals surface area (Å²) in [5.41, 5.74) is 2.01. The number of imide groups is 1. The third kappa shape index (κ3) is 3.55. The summed E-state index contributed by atoms with van der Waals surface area (Å²) in [6.45, 7) is 5.08. The third-order valence-electron chi connectivity index (χ3n) is 5.00. The number of carbonyl (C=O) groups is 3. The second-order valence-electron chi connectivity index (χ2n) is 7.32. The molecule has 0 spiro atoms. The van der Waals surface area contributed by atoms with Gasteiger partial charge in [0.15, 0.2) is 11.5 Å². The summed E-state index contributed by atoms with van der Waals surface area (Å²) in [5, 5.41) is 2.86. The van der Waals surface area contributed by atoms with Gasteiger partial charge in [0.1, 0.15) is 13.2 Å². The van der Waals surface area contributed by atoms with Gasteiger partial charge in [-0.15, -0.1) is 0 Å². The highest BCUT2D eigenvalue weighted by Gasteiger charge is 2.37. The lowest BCUT2D eigenvalue weighted by Gasteiger charge is -2.18. The van der Waals surface area contributed by atoms with Gasteiger partial charge in [-0.2, -0.15) is 0 Å². The van der Waals surface area contributed by atoms with Gasteiger partial charge in [-0.25, -0.2) is 0 Å². The summed E-state index contributed by atoms with van der Waals surface area (Å²) in [5.74, 6) is 0.499. The fourth-order valence-electron chi connectivity index (χ4n) is 3.54. The van der Waals surface area contributed by atoms with E-state index in [0.717, 1.165) is 17.1 Å². The lowest BCUT2D eigenvalue weighted by molar-refractivity contribution is 0.0609. The maximum Gasteiger partial charge on any atom is 0.261 e. The minimum Gasteiger partial charge on any atom is -0.486 e. The minimum atomic E-state index is -0.356. The molecule has 0 aliphatic carbocycles. The minimum absolute atomic E-state index is 0.231. The molecule has 0 radical (unpaired) electrons. The van der Waals surface area contributed by atoms with Crippen LogP contribution in [0.2, 0.25) is 0 Å². The smallest absolute Gasteiger partial charge is 0.261 e. The number of ether oxygens (including phenoxy) is 2. The molecule has 0 saturated carbocycles. The van der Waals surface area contributed by atoms with E-state index in [9.17, 15) is 14.4 Å². The topological polar surface area (TPSA) is 84.9 Å². The first-order chi connectivity index (χ1) is 14.0. The molecule has 1 N–H and O–H groups in total. The monoisotopic (exact) mass is 394 g/mol.